The minimum Gasteiger partial charge on any atom is -0.465 e. The van der Waals surface area contributed by atoms with Gasteiger partial charge >= 0.3 is 5.97 Å². The number of nitrogens with two attached hydrogens (primary N) is 1. The summed E-state index contributed by atoms with van der Waals surface area (Å²) in [5.74, 6) is -0.129. The van der Waals surface area contributed by atoms with E-state index in [-0.39, 0.29) is 18.0 Å². The highest BCUT2D eigenvalue weighted by Crippen LogP contribution is 2.23. The summed E-state index contributed by atoms with van der Waals surface area (Å²) in [6, 6.07) is 3.66. The number of methoxy groups -OCH3 is 1. The molecule has 1 saturated carbocycles. The molecule has 3 aromatic heterocycles. The second kappa shape index (κ2) is 8.18. The third-order valence-electron chi connectivity index (χ3n) is 5.01. The van der Waals surface area contributed by atoms with Crippen molar-refractivity contribution in [3.05, 3.63) is 40.3 Å². The fourth-order valence-corrected chi connectivity index (χ4v) is 4.20. The van der Waals surface area contributed by atoms with Gasteiger partial charge in [0, 0.05) is 23.7 Å². The molecule has 0 spiro atoms. The maximum absolute atomic E-state index is 12.7. The summed E-state index contributed by atoms with van der Waals surface area (Å²) in [7, 11) is 1.32. The van der Waals surface area contributed by atoms with Crippen LogP contribution < -0.4 is 16.4 Å². The lowest BCUT2D eigenvalue weighted by molar-refractivity contribution is 0.0606. The van der Waals surface area contributed by atoms with Gasteiger partial charge in [-0.15, -0.1) is 11.3 Å². The van der Waals surface area contributed by atoms with Gasteiger partial charge in [0.1, 0.15) is 16.3 Å². The number of nitrogens with one attached hydrogen (secondary N) is 2. The van der Waals surface area contributed by atoms with Crippen LogP contribution >= 0.6 is 11.3 Å². The maximum Gasteiger partial charge on any atom is 0.348 e. The van der Waals surface area contributed by atoms with Crippen LogP contribution in [-0.2, 0) is 4.74 Å². The van der Waals surface area contributed by atoms with Gasteiger partial charge in [-0.2, -0.15) is 5.10 Å². The molecule has 1 aliphatic rings. The molecule has 29 heavy (non-hydrogen) atoms. The molecule has 0 bridgehead atoms. The molecule has 1 fully saturated rings. The van der Waals surface area contributed by atoms with Crippen molar-refractivity contribution in [3.63, 3.8) is 0 Å². The molecule has 0 radical (unpaired) electrons. The van der Waals surface area contributed by atoms with Gasteiger partial charge in [0.2, 0.25) is 0 Å². The number of hydrogen-bond donors (Lipinski definition) is 3. The van der Waals surface area contributed by atoms with E-state index in [9.17, 15) is 9.59 Å². The Morgan fingerprint density at radius 2 is 2.17 bits per heavy atom. The first-order chi connectivity index (χ1) is 14.0. The standard InChI is InChI=1S/C19H22N6O3S/c1-28-19(27)15-8-11(10-29-15)22-18(26)12-9-21-25-7-6-16(24-17(12)25)23-14-5-3-2-4-13(14)20/h6-10,13-14H,2-5,20H2,1H3,(H,22,26)(H,23,24)/t13-,14+/m0/s1. The largest absolute Gasteiger partial charge is 0.465 e. The Hall–Kier alpha value is -2.98. The van der Waals surface area contributed by atoms with E-state index in [1.807, 2.05) is 6.07 Å². The molecular weight excluding hydrogens is 392 g/mol. The predicted molar refractivity (Wildman–Crippen MR) is 110 cm³/mol. The van der Waals surface area contributed by atoms with E-state index in [1.54, 1.807) is 22.2 Å². The van der Waals surface area contributed by atoms with Crippen molar-refractivity contribution in [1.82, 2.24) is 14.6 Å². The van der Waals surface area contributed by atoms with Crippen LogP contribution in [-0.4, -0.2) is 45.7 Å². The second-order valence-corrected chi connectivity index (χ2v) is 7.89. The van der Waals surface area contributed by atoms with Gasteiger partial charge in [-0.1, -0.05) is 12.8 Å². The van der Waals surface area contributed by atoms with Crippen LogP contribution in [0.3, 0.4) is 0 Å². The zero-order valence-corrected chi connectivity index (χ0v) is 16.7. The van der Waals surface area contributed by atoms with E-state index in [4.69, 9.17) is 5.73 Å². The normalized spacial score (nSPS) is 19.1. The quantitative estimate of drug-likeness (QED) is 0.548. The van der Waals surface area contributed by atoms with Gasteiger partial charge in [-0.05, 0) is 25.0 Å². The molecule has 1 amide bonds. The smallest absolute Gasteiger partial charge is 0.348 e. The summed E-state index contributed by atoms with van der Waals surface area (Å²) in [4.78, 5) is 29.3. The molecule has 2 atom stereocenters. The molecule has 3 heterocycles. The number of esters is 1. The van der Waals surface area contributed by atoms with E-state index >= 15 is 0 Å². The third kappa shape index (κ3) is 4.08. The fraction of sp³-hybridized carbons (Fsp3) is 0.368. The number of fused-ring (bicyclic) bond motifs is 1. The number of rotatable bonds is 5. The Bertz CT molecular complexity index is 1050. The number of carbonyl (C=O) groups is 2. The van der Waals surface area contributed by atoms with E-state index in [2.05, 4.69) is 25.5 Å². The van der Waals surface area contributed by atoms with E-state index in [0.717, 1.165) is 25.7 Å². The highest BCUT2D eigenvalue weighted by atomic mass is 32.1. The Kier molecular flexibility index (Phi) is 5.45. The van der Waals surface area contributed by atoms with Crippen molar-refractivity contribution in [2.24, 2.45) is 5.73 Å². The first-order valence-corrected chi connectivity index (χ1v) is 10.3. The van der Waals surface area contributed by atoms with E-state index < -0.39 is 5.97 Å². The average molecular weight is 414 g/mol. The highest BCUT2D eigenvalue weighted by molar-refractivity contribution is 7.12. The molecular formula is C19H22N6O3S. The number of amides is 1. The Balaban J connectivity index is 1.53. The van der Waals surface area contributed by atoms with Gasteiger partial charge in [0.05, 0.1) is 19.0 Å². The number of hydrogen-bond acceptors (Lipinski definition) is 8. The van der Waals surface area contributed by atoms with Crippen molar-refractivity contribution in [2.75, 3.05) is 17.7 Å². The first kappa shape index (κ1) is 19.3. The lowest BCUT2D eigenvalue weighted by Gasteiger charge is -2.29. The van der Waals surface area contributed by atoms with Crippen LogP contribution in [0.2, 0.25) is 0 Å². The van der Waals surface area contributed by atoms with E-state index in [0.29, 0.717) is 27.6 Å². The maximum atomic E-state index is 12.7. The number of anilines is 2. The molecule has 4 N–H and O–H groups in total. The summed E-state index contributed by atoms with van der Waals surface area (Å²) >= 11 is 1.20. The lowest BCUT2D eigenvalue weighted by atomic mass is 9.91. The average Bonchev–Trinajstić information content (AvgIpc) is 3.36. The molecule has 0 aliphatic heterocycles. The second-order valence-electron chi connectivity index (χ2n) is 6.98. The molecule has 1 aliphatic carbocycles. The number of aromatic nitrogens is 3. The minimum atomic E-state index is -0.440. The van der Waals surface area contributed by atoms with Gasteiger partial charge in [-0.25, -0.2) is 14.3 Å². The molecule has 0 aromatic carbocycles. The zero-order chi connectivity index (χ0) is 20.4. The van der Waals surface area contributed by atoms with Crippen LogP contribution in [0.25, 0.3) is 5.65 Å². The number of thiophene rings is 1. The monoisotopic (exact) mass is 414 g/mol. The summed E-state index contributed by atoms with van der Waals surface area (Å²) in [6.07, 6.45) is 7.52. The summed E-state index contributed by atoms with van der Waals surface area (Å²) in [6.45, 7) is 0. The van der Waals surface area contributed by atoms with E-state index in [1.165, 1.54) is 24.6 Å². The van der Waals surface area contributed by atoms with Crippen molar-refractivity contribution < 1.29 is 14.3 Å². The van der Waals surface area contributed by atoms with Gasteiger partial charge in [0.25, 0.3) is 5.91 Å². The molecule has 152 valence electrons. The third-order valence-corrected chi connectivity index (χ3v) is 5.92. The molecule has 3 aromatic rings. The summed E-state index contributed by atoms with van der Waals surface area (Å²) in [5, 5.41) is 12.0. The van der Waals surface area contributed by atoms with Gasteiger partial charge in [-0.3, -0.25) is 4.79 Å². The molecule has 0 unspecified atom stereocenters. The van der Waals surface area contributed by atoms with Crippen LogP contribution in [0, 0.1) is 0 Å². The van der Waals surface area contributed by atoms with Crippen LogP contribution in [0.1, 0.15) is 45.7 Å². The van der Waals surface area contributed by atoms with Gasteiger partial charge < -0.3 is 21.1 Å². The molecule has 9 nitrogen and oxygen atoms in total. The first-order valence-electron chi connectivity index (χ1n) is 9.40. The topological polar surface area (TPSA) is 124 Å². The molecule has 0 saturated heterocycles. The van der Waals surface area contributed by atoms with Gasteiger partial charge in [0.15, 0.2) is 5.65 Å². The Morgan fingerprint density at radius 3 is 2.97 bits per heavy atom. The Morgan fingerprint density at radius 1 is 1.34 bits per heavy atom. The predicted octanol–water partition coefficient (Wildman–Crippen LogP) is 2.51. The van der Waals surface area contributed by atoms with Crippen LogP contribution in [0.4, 0.5) is 11.5 Å². The molecule has 10 heteroatoms. The molecule has 4 rings (SSSR count). The number of carbonyl (C=O) groups excluding carboxylic acids is 2. The fourth-order valence-electron chi connectivity index (χ4n) is 3.45. The zero-order valence-electron chi connectivity index (χ0n) is 15.9. The van der Waals surface area contributed by atoms with Crippen molar-refractivity contribution >= 4 is 40.4 Å². The Labute approximate surface area is 171 Å². The van der Waals surface area contributed by atoms with Crippen molar-refractivity contribution in [2.45, 2.75) is 37.8 Å². The summed E-state index contributed by atoms with van der Waals surface area (Å²) < 4.78 is 6.24. The number of ether oxygens (including phenoxy) is 1. The van der Waals surface area contributed by atoms with Crippen molar-refractivity contribution in [1.29, 1.82) is 0 Å². The highest BCUT2D eigenvalue weighted by Gasteiger charge is 2.22. The number of nitrogens with zero attached hydrogens (tertiary/aromatic N) is 3. The SMILES string of the molecule is COC(=O)c1cc(NC(=O)c2cnn3ccc(N[C@@H]4CCCC[C@@H]4N)nc23)cs1. The summed E-state index contributed by atoms with van der Waals surface area (Å²) in [5.41, 5.74) is 7.51. The van der Waals surface area contributed by atoms with Crippen molar-refractivity contribution in [3.8, 4) is 0 Å². The minimum absolute atomic E-state index is 0.0945. The van der Waals surface area contributed by atoms with Crippen LogP contribution in [0.5, 0.6) is 0 Å². The lowest BCUT2D eigenvalue weighted by Crippen LogP contribution is -2.42. The van der Waals surface area contributed by atoms with Crippen LogP contribution in [0.15, 0.2) is 29.9 Å².